The molecule has 4 rings (SSSR count). The topological polar surface area (TPSA) is 121 Å². The minimum Gasteiger partial charge on any atom is -0.459 e. The molecule has 2 aromatic heterocycles. The second-order valence-corrected chi connectivity index (χ2v) is 7.47. The Bertz CT molecular complexity index is 1110. The van der Waals surface area contributed by atoms with E-state index in [2.05, 4.69) is 16.0 Å². The number of carbonyl (C=O) groups excluding carboxylic acids is 4. The first-order valence-electron chi connectivity index (χ1n) is 8.93. The molecule has 5 amide bonds. The van der Waals surface area contributed by atoms with Crippen molar-refractivity contribution in [1.29, 1.82) is 0 Å². The third kappa shape index (κ3) is 4.23. The van der Waals surface area contributed by atoms with Crippen LogP contribution in [0.2, 0.25) is 0 Å². The lowest BCUT2D eigenvalue weighted by atomic mass is 10.2. The SMILES string of the molecule is O=C(Nc1ccc(C(=O)Nc2cccc(CN3C(=O)CNC3=O)c2)s1)c1ccco1. The zero-order chi connectivity index (χ0) is 21.1. The summed E-state index contributed by atoms with van der Waals surface area (Å²) >= 11 is 1.13. The fourth-order valence-electron chi connectivity index (χ4n) is 2.85. The molecule has 0 atom stereocenters. The number of anilines is 2. The maximum absolute atomic E-state index is 12.5. The number of urea groups is 1. The number of carbonyl (C=O) groups is 4. The molecular weight excluding hydrogens is 408 g/mol. The van der Waals surface area contributed by atoms with E-state index in [0.29, 0.717) is 21.1 Å². The van der Waals surface area contributed by atoms with Crippen molar-refractivity contribution in [3.8, 4) is 0 Å². The van der Waals surface area contributed by atoms with Crippen molar-refractivity contribution in [2.75, 3.05) is 17.2 Å². The summed E-state index contributed by atoms with van der Waals surface area (Å²) in [5.74, 6) is -0.860. The molecule has 1 aliphatic rings. The molecule has 3 N–H and O–H groups in total. The Morgan fingerprint density at radius 3 is 2.67 bits per heavy atom. The van der Waals surface area contributed by atoms with E-state index < -0.39 is 11.9 Å². The standard InChI is InChI=1S/C20H16N4O5S/c25-17-10-21-20(28)24(17)11-12-3-1-4-13(9-12)22-19(27)15-6-7-16(30-15)23-18(26)14-5-2-8-29-14/h1-9H,10-11H2,(H,21,28)(H,22,27)(H,23,26). The molecule has 152 valence electrons. The molecule has 0 radical (unpaired) electrons. The van der Waals surface area contributed by atoms with E-state index in [1.54, 1.807) is 48.5 Å². The highest BCUT2D eigenvalue weighted by Gasteiger charge is 2.28. The van der Waals surface area contributed by atoms with Crippen molar-refractivity contribution in [1.82, 2.24) is 10.2 Å². The van der Waals surface area contributed by atoms with E-state index >= 15 is 0 Å². The second kappa shape index (κ2) is 8.21. The fourth-order valence-corrected chi connectivity index (χ4v) is 3.64. The number of nitrogens with one attached hydrogen (secondary N) is 3. The molecule has 3 aromatic rings. The van der Waals surface area contributed by atoms with Crippen LogP contribution in [0.5, 0.6) is 0 Å². The number of hydrogen-bond donors (Lipinski definition) is 3. The minimum atomic E-state index is -0.433. The Balaban J connectivity index is 1.39. The Morgan fingerprint density at radius 1 is 1.07 bits per heavy atom. The Hall–Kier alpha value is -3.92. The van der Waals surface area contributed by atoms with Crippen molar-refractivity contribution in [2.24, 2.45) is 0 Å². The van der Waals surface area contributed by atoms with Crippen LogP contribution in [0.1, 0.15) is 25.8 Å². The molecule has 10 heteroatoms. The van der Waals surface area contributed by atoms with E-state index in [9.17, 15) is 19.2 Å². The molecule has 0 bridgehead atoms. The van der Waals surface area contributed by atoms with Gasteiger partial charge in [-0.2, -0.15) is 0 Å². The second-order valence-electron chi connectivity index (χ2n) is 6.39. The summed E-state index contributed by atoms with van der Waals surface area (Å²) < 4.78 is 5.04. The summed E-state index contributed by atoms with van der Waals surface area (Å²) in [6.45, 7) is 0.114. The number of amides is 5. The monoisotopic (exact) mass is 424 g/mol. The van der Waals surface area contributed by atoms with Gasteiger partial charge < -0.3 is 20.4 Å². The Kier molecular flexibility index (Phi) is 5.31. The lowest BCUT2D eigenvalue weighted by Gasteiger charge is -2.13. The van der Waals surface area contributed by atoms with Gasteiger partial charge in [0.15, 0.2) is 5.76 Å². The summed E-state index contributed by atoms with van der Waals surface area (Å²) in [6, 6.07) is 12.9. The van der Waals surface area contributed by atoms with Gasteiger partial charge in [0.1, 0.15) is 0 Å². The van der Waals surface area contributed by atoms with Crippen LogP contribution in [0.3, 0.4) is 0 Å². The van der Waals surface area contributed by atoms with E-state index in [0.717, 1.165) is 16.2 Å². The fraction of sp³-hybridized carbons (Fsp3) is 0.100. The quantitative estimate of drug-likeness (QED) is 0.526. The molecule has 1 aromatic carbocycles. The lowest BCUT2D eigenvalue weighted by Crippen LogP contribution is -2.30. The normalized spacial score (nSPS) is 13.3. The molecule has 9 nitrogen and oxygen atoms in total. The summed E-state index contributed by atoms with van der Waals surface area (Å²) in [5.41, 5.74) is 1.23. The highest BCUT2D eigenvalue weighted by molar-refractivity contribution is 7.18. The Morgan fingerprint density at radius 2 is 1.93 bits per heavy atom. The maximum atomic E-state index is 12.5. The number of nitrogens with zero attached hydrogens (tertiary/aromatic N) is 1. The summed E-state index contributed by atoms with van der Waals surface area (Å²) in [6.07, 6.45) is 1.41. The molecule has 1 aliphatic heterocycles. The van der Waals surface area contributed by atoms with Crippen LogP contribution in [-0.4, -0.2) is 35.2 Å². The van der Waals surface area contributed by atoms with Crippen LogP contribution in [-0.2, 0) is 11.3 Å². The predicted octanol–water partition coefficient (Wildman–Crippen LogP) is 2.90. The Labute approximate surface area is 174 Å². The molecule has 0 aliphatic carbocycles. The first-order valence-corrected chi connectivity index (χ1v) is 9.74. The molecule has 1 fully saturated rings. The predicted molar refractivity (Wildman–Crippen MR) is 109 cm³/mol. The smallest absolute Gasteiger partial charge is 0.324 e. The van der Waals surface area contributed by atoms with Crippen molar-refractivity contribution in [3.05, 3.63) is 71.0 Å². The number of imide groups is 1. The molecular formula is C20H16N4O5S. The number of rotatable bonds is 6. The van der Waals surface area contributed by atoms with Crippen LogP contribution in [0, 0.1) is 0 Å². The van der Waals surface area contributed by atoms with Crippen molar-refractivity contribution in [3.63, 3.8) is 0 Å². The first-order chi connectivity index (χ1) is 14.5. The van der Waals surface area contributed by atoms with Crippen molar-refractivity contribution in [2.45, 2.75) is 6.54 Å². The van der Waals surface area contributed by atoms with Crippen LogP contribution < -0.4 is 16.0 Å². The average Bonchev–Trinajstić information content (AvgIpc) is 3.47. The van der Waals surface area contributed by atoms with Crippen LogP contribution in [0.25, 0.3) is 0 Å². The third-order valence-corrected chi connectivity index (χ3v) is 5.27. The largest absolute Gasteiger partial charge is 0.459 e. The molecule has 0 saturated carbocycles. The van der Waals surface area contributed by atoms with E-state index in [-0.39, 0.29) is 30.7 Å². The van der Waals surface area contributed by atoms with Crippen molar-refractivity contribution >= 4 is 45.8 Å². The van der Waals surface area contributed by atoms with Crippen LogP contribution >= 0.6 is 11.3 Å². The van der Waals surface area contributed by atoms with Gasteiger partial charge in [-0.3, -0.25) is 19.3 Å². The highest BCUT2D eigenvalue weighted by atomic mass is 32.1. The molecule has 0 unspecified atom stereocenters. The van der Waals surface area contributed by atoms with E-state index in [4.69, 9.17) is 4.42 Å². The lowest BCUT2D eigenvalue weighted by molar-refractivity contribution is -0.125. The van der Waals surface area contributed by atoms with Gasteiger partial charge >= 0.3 is 6.03 Å². The van der Waals surface area contributed by atoms with Gasteiger partial charge in [-0.05, 0) is 42.0 Å². The highest BCUT2D eigenvalue weighted by Crippen LogP contribution is 2.24. The first kappa shape index (κ1) is 19.4. The number of hydrogen-bond acceptors (Lipinski definition) is 6. The average molecular weight is 424 g/mol. The molecule has 0 spiro atoms. The van der Waals surface area contributed by atoms with E-state index in [1.807, 2.05) is 0 Å². The van der Waals surface area contributed by atoms with Gasteiger partial charge in [0.2, 0.25) is 5.91 Å². The van der Waals surface area contributed by atoms with Gasteiger partial charge in [-0.15, -0.1) is 11.3 Å². The molecule has 3 heterocycles. The molecule has 1 saturated heterocycles. The van der Waals surface area contributed by atoms with Crippen molar-refractivity contribution < 1.29 is 23.6 Å². The third-order valence-electron chi connectivity index (χ3n) is 4.27. The zero-order valence-electron chi connectivity index (χ0n) is 15.5. The van der Waals surface area contributed by atoms with Crippen LogP contribution in [0.15, 0.2) is 59.2 Å². The summed E-state index contributed by atoms with van der Waals surface area (Å²) in [5, 5.41) is 8.42. The van der Waals surface area contributed by atoms with Crippen LogP contribution in [0.4, 0.5) is 15.5 Å². The zero-order valence-corrected chi connectivity index (χ0v) is 16.3. The number of furan rings is 1. The van der Waals surface area contributed by atoms with Gasteiger partial charge in [-0.25, -0.2) is 4.79 Å². The van der Waals surface area contributed by atoms with Gasteiger partial charge in [-0.1, -0.05) is 12.1 Å². The number of thiophene rings is 1. The molecule has 30 heavy (non-hydrogen) atoms. The summed E-state index contributed by atoms with van der Waals surface area (Å²) in [7, 11) is 0. The van der Waals surface area contributed by atoms with Gasteiger partial charge in [0.25, 0.3) is 11.8 Å². The minimum absolute atomic E-state index is 0.00751. The number of benzene rings is 1. The maximum Gasteiger partial charge on any atom is 0.324 e. The summed E-state index contributed by atoms with van der Waals surface area (Å²) in [4.78, 5) is 49.5. The van der Waals surface area contributed by atoms with Gasteiger partial charge in [0.05, 0.1) is 29.2 Å². The van der Waals surface area contributed by atoms with Gasteiger partial charge in [0, 0.05) is 5.69 Å². The van der Waals surface area contributed by atoms with E-state index in [1.165, 1.54) is 6.26 Å².